The molecule has 4 nitrogen and oxygen atoms in total. The number of rotatable bonds is 3. The van der Waals surface area contributed by atoms with Gasteiger partial charge in [-0.05, 0) is 31.2 Å². The molecule has 0 atom stereocenters. The summed E-state index contributed by atoms with van der Waals surface area (Å²) in [5, 5.41) is 0.945. The van der Waals surface area contributed by atoms with Crippen LogP contribution in [-0.4, -0.2) is 53.4 Å². The zero-order valence-corrected chi connectivity index (χ0v) is 12.5. The fourth-order valence-electron chi connectivity index (χ4n) is 2.95. The molecule has 1 aliphatic heterocycles. The highest BCUT2D eigenvalue weighted by Gasteiger charge is 2.22. The number of carbonyl (C=O) groups is 1. The van der Waals surface area contributed by atoms with Crippen LogP contribution in [-0.2, 0) is 0 Å². The molecule has 0 unspecified atom stereocenters. The van der Waals surface area contributed by atoms with E-state index in [-0.39, 0.29) is 5.91 Å². The third-order valence-corrected chi connectivity index (χ3v) is 4.08. The molecule has 1 aromatic carbocycles. The molecule has 1 aromatic heterocycles. The summed E-state index contributed by atoms with van der Waals surface area (Å²) in [4.78, 5) is 21.5. The van der Waals surface area contributed by atoms with E-state index >= 15 is 0 Å². The Labute approximate surface area is 125 Å². The Morgan fingerprint density at radius 2 is 1.95 bits per heavy atom. The van der Waals surface area contributed by atoms with Crippen molar-refractivity contribution in [3.63, 3.8) is 0 Å². The van der Waals surface area contributed by atoms with Crippen LogP contribution in [0.5, 0.6) is 0 Å². The van der Waals surface area contributed by atoms with Crippen LogP contribution in [0.2, 0.25) is 0 Å². The highest BCUT2D eigenvalue weighted by molar-refractivity contribution is 6.06. The molecule has 0 radical (unpaired) electrons. The van der Waals surface area contributed by atoms with Crippen LogP contribution >= 0.6 is 0 Å². The number of benzene rings is 1. The minimum absolute atomic E-state index is 0.129. The lowest BCUT2D eigenvalue weighted by molar-refractivity contribution is 0.0639. The van der Waals surface area contributed by atoms with Gasteiger partial charge in [-0.1, -0.05) is 19.1 Å². The van der Waals surface area contributed by atoms with Crippen LogP contribution in [0.25, 0.3) is 10.9 Å². The largest absolute Gasteiger partial charge is 0.336 e. The molecule has 0 spiro atoms. The first kappa shape index (κ1) is 14.0. The second-order valence-electron chi connectivity index (χ2n) is 5.51. The first-order chi connectivity index (χ1) is 10.3. The molecule has 4 heteroatoms. The zero-order chi connectivity index (χ0) is 14.7. The second-order valence-corrected chi connectivity index (χ2v) is 5.51. The van der Waals surface area contributed by atoms with Gasteiger partial charge in [0.05, 0.1) is 5.52 Å². The Kier molecular flexibility index (Phi) is 4.15. The van der Waals surface area contributed by atoms with Crippen molar-refractivity contribution in [2.45, 2.75) is 13.3 Å². The van der Waals surface area contributed by atoms with Gasteiger partial charge in [0, 0.05) is 43.3 Å². The minimum atomic E-state index is 0.129. The molecule has 1 fully saturated rings. The Morgan fingerprint density at radius 3 is 2.71 bits per heavy atom. The number of aromatic nitrogens is 1. The lowest BCUT2D eigenvalue weighted by Crippen LogP contribution is -2.48. The molecule has 1 saturated heterocycles. The van der Waals surface area contributed by atoms with Gasteiger partial charge in [0.2, 0.25) is 0 Å². The van der Waals surface area contributed by atoms with E-state index in [1.807, 2.05) is 35.2 Å². The highest BCUT2D eigenvalue weighted by atomic mass is 16.2. The van der Waals surface area contributed by atoms with Crippen LogP contribution in [0.3, 0.4) is 0 Å². The molecule has 0 saturated carbocycles. The second kappa shape index (κ2) is 6.22. The van der Waals surface area contributed by atoms with E-state index in [0.717, 1.165) is 49.2 Å². The molecule has 1 amide bonds. The van der Waals surface area contributed by atoms with E-state index in [1.165, 1.54) is 6.42 Å². The standard InChI is InChI=1S/C17H21N3O/c1-2-9-19-10-12-20(13-11-19)17(21)15-5-3-7-16-14(15)6-4-8-18-16/h3-8H,2,9-13H2,1H3. The molecule has 2 aromatic rings. The van der Waals surface area contributed by atoms with Crippen LogP contribution in [0.4, 0.5) is 0 Å². The summed E-state index contributed by atoms with van der Waals surface area (Å²) < 4.78 is 0. The number of pyridine rings is 1. The summed E-state index contributed by atoms with van der Waals surface area (Å²) >= 11 is 0. The van der Waals surface area contributed by atoms with Crippen molar-refractivity contribution in [3.8, 4) is 0 Å². The maximum atomic E-state index is 12.8. The van der Waals surface area contributed by atoms with Crippen LogP contribution in [0, 0.1) is 0 Å². The van der Waals surface area contributed by atoms with E-state index in [0.29, 0.717) is 0 Å². The van der Waals surface area contributed by atoms with Gasteiger partial charge < -0.3 is 4.90 Å². The number of hydrogen-bond donors (Lipinski definition) is 0. The number of amides is 1. The Bertz CT molecular complexity index is 627. The van der Waals surface area contributed by atoms with Gasteiger partial charge in [-0.25, -0.2) is 0 Å². The molecule has 21 heavy (non-hydrogen) atoms. The van der Waals surface area contributed by atoms with Crippen molar-refractivity contribution in [3.05, 3.63) is 42.1 Å². The average molecular weight is 283 g/mol. The summed E-state index contributed by atoms with van der Waals surface area (Å²) in [5.41, 5.74) is 1.65. The molecule has 0 aliphatic carbocycles. The van der Waals surface area contributed by atoms with Crippen LogP contribution in [0.15, 0.2) is 36.5 Å². The van der Waals surface area contributed by atoms with Gasteiger partial charge >= 0.3 is 0 Å². The van der Waals surface area contributed by atoms with Crippen LogP contribution < -0.4 is 0 Å². The number of fused-ring (bicyclic) bond motifs is 1. The van der Waals surface area contributed by atoms with Gasteiger partial charge in [-0.15, -0.1) is 0 Å². The van der Waals surface area contributed by atoms with Gasteiger partial charge in [0.15, 0.2) is 0 Å². The number of piperazine rings is 1. The van der Waals surface area contributed by atoms with E-state index in [1.54, 1.807) is 6.20 Å². The Morgan fingerprint density at radius 1 is 1.14 bits per heavy atom. The highest BCUT2D eigenvalue weighted by Crippen LogP contribution is 2.19. The van der Waals surface area contributed by atoms with Gasteiger partial charge in [0.1, 0.15) is 0 Å². The van der Waals surface area contributed by atoms with E-state index in [4.69, 9.17) is 0 Å². The molecular formula is C17H21N3O. The monoisotopic (exact) mass is 283 g/mol. The summed E-state index contributed by atoms with van der Waals surface area (Å²) in [7, 11) is 0. The van der Waals surface area contributed by atoms with E-state index in [2.05, 4.69) is 16.8 Å². The summed E-state index contributed by atoms with van der Waals surface area (Å²) in [6.45, 7) is 6.90. The smallest absolute Gasteiger partial charge is 0.254 e. The number of nitrogens with zero attached hydrogens (tertiary/aromatic N) is 3. The lowest BCUT2D eigenvalue weighted by atomic mass is 10.1. The average Bonchev–Trinajstić information content (AvgIpc) is 2.55. The Hall–Kier alpha value is -1.94. The van der Waals surface area contributed by atoms with Gasteiger partial charge in [-0.2, -0.15) is 0 Å². The molecule has 110 valence electrons. The van der Waals surface area contributed by atoms with Gasteiger partial charge in [0.25, 0.3) is 5.91 Å². The summed E-state index contributed by atoms with van der Waals surface area (Å²) in [5.74, 6) is 0.129. The fraction of sp³-hybridized carbons (Fsp3) is 0.412. The van der Waals surface area contributed by atoms with Gasteiger partial charge in [-0.3, -0.25) is 14.7 Å². The molecule has 0 bridgehead atoms. The third-order valence-electron chi connectivity index (χ3n) is 4.08. The molecule has 1 aliphatic rings. The number of hydrogen-bond acceptors (Lipinski definition) is 3. The maximum Gasteiger partial charge on any atom is 0.254 e. The minimum Gasteiger partial charge on any atom is -0.336 e. The summed E-state index contributed by atoms with van der Waals surface area (Å²) in [6.07, 6.45) is 2.93. The van der Waals surface area contributed by atoms with E-state index in [9.17, 15) is 4.79 Å². The predicted molar refractivity (Wildman–Crippen MR) is 84.4 cm³/mol. The number of carbonyl (C=O) groups excluding carboxylic acids is 1. The van der Waals surface area contributed by atoms with Crippen molar-refractivity contribution >= 4 is 16.8 Å². The topological polar surface area (TPSA) is 36.4 Å². The van der Waals surface area contributed by atoms with Crippen molar-refractivity contribution in [1.82, 2.24) is 14.8 Å². The third kappa shape index (κ3) is 2.90. The fourth-order valence-corrected chi connectivity index (χ4v) is 2.95. The molecule has 0 N–H and O–H groups in total. The van der Waals surface area contributed by atoms with Crippen molar-refractivity contribution in [2.75, 3.05) is 32.7 Å². The molecule has 3 rings (SSSR count). The maximum absolute atomic E-state index is 12.8. The van der Waals surface area contributed by atoms with Crippen LogP contribution in [0.1, 0.15) is 23.7 Å². The molecule has 2 heterocycles. The van der Waals surface area contributed by atoms with Crippen molar-refractivity contribution in [2.24, 2.45) is 0 Å². The SMILES string of the molecule is CCCN1CCN(C(=O)c2cccc3ncccc23)CC1. The first-order valence-corrected chi connectivity index (χ1v) is 7.65. The molecular weight excluding hydrogens is 262 g/mol. The predicted octanol–water partition coefficient (Wildman–Crippen LogP) is 2.40. The normalized spacial score (nSPS) is 16.3. The lowest BCUT2D eigenvalue weighted by Gasteiger charge is -2.34. The van der Waals surface area contributed by atoms with Crippen molar-refractivity contribution in [1.29, 1.82) is 0 Å². The Balaban J connectivity index is 1.79. The van der Waals surface area contributed by atoms with E-state index < -0.39 is 0 Å². The quantitative estimate of drug-likeness (QED) is 0.868. The zero-order valence-electron chi connectivity index (χ0n) is 12.5. The van der Waals surface area contributed by atoms with Crippen molar-refractivity contribution < 1.29 is 4.79 Å². The summed E-state index contributed by atoms with van der Waals surface area (Å²) in [6, 6.07) is 9.63. The first-order valence-electron chi connectivity index (χ1n) is 7.65.